The van der Waals surface area contributed by atoms with Gasteiger partial charge in [0.1, 0.15) is 5.82 Å². The molecule has 0 unspecified atom stereocenters. The minimum atomic E-state index is -4.44. The van der Waals surface area contributed by atoms with Gasteiger partial charge in [-0.3, -0.25) is 0 Å². The lowest BCUT2D eigenvalue weighted by Crippen LogP contribution is -2.13. The Morgan fingerprint density at radius 1 is 1.05 bits per heavy atom. The van der Waals surface area contributed by atoms with E-state index in [0.717, 1.165) is 6.07 Å². The average Bonchev–Trinajstić information content (AvgIpc) is 2.41. The van der Waals surface area contributed by atoms with Crippen LogP contribution in [-0.2, 0) is 12.6 Å². The fraction of sp³-hybridized carbons (Fsp3) is 0.200. The number of hydrogen-bond donors (Lipinski definition) is 1. The molecule has 0 aromatic heterocycles. The minimum Gasteiger partial charge on any atom is -0.384 e. The Bertz CT molecular complexity index is 625. The molecule has 21 heavy (non-hydrogen) atoms. The molecule has 0 bridgehead atoms. The van der Waals surface area contributed by atoms with E-state index in [9.17, 15) is 17.6 Å². The molecule has 2 aromatic rings. The normalized spacial score (nSPS) is 11.5. The Morgan fingerprint density at radius 2 is 1.76 bits per heavy atom. The van der Waals surface area contributed by atoms with Crippen LogP contribution in [-0.4, -0.2) is 6.54 Å². The van der Waals surface area contributed by atoms with Crippen molar-refractivity contribution < 1.29 is 17.6 Å². The third-order valence-corrected chi connectivity index (χ3v) is 3.45. The Kier molecular flexibility index (Phi) is 4.88. The van der Waals surface area contributed by atoms with Crippen molar-refractivity contribution in [2.24, 2.45) is 0 Å². The second-order valence-corrected chi connectivity index (χ2v) is 5.37. The Morgan fingerprint density at radius 3 is 2.43 bits per heavy atom. The van der Waals surface area contributed by atoms with E-state index in [1.54, 1.807) is 18.2 Å². The summed E-state index contributed by atoms with van der Waals surface area (Å²) >= 11 is 3.03. The highest BCUT2D eigenvalue weighted by Gasteiger charge is 2.33. The monoisotopic (exact) mass is 361 g/mol. The maximum absolute atomic E-state index is 13.4. The zero-order chi connectivity index (χ0) is 15.5. The molecular formula is C15H12BrF4N. The first-order valence-corrected chi connectivity index (χ1v) is 7.01. The first-order chi connectivity index (χ1) is 9.88. The van der Waals surface area contributed by atoms with Crippen LogP contribution < -0.4 is 5.32 Å². The number of hydrogen-bond acceptors (Lipinski definition) is 1. The summed E-state index contributed by atoms with van der Waals surface area (Å²) in [6, 6.07) is 10.1. The van der Waals surface area contributed by atoms with E-state index in [0.29, 0.717) is 16.5 Å². The van der Waals surface area contributed by atoms with E-state index >= 15 is 0 Å². The van der Waals surface area contributed by atoms with Gasteiger partial charge in [-0.2, -0.15) is 13.2 Å². The molecule has 0 saturated heterocycles. The van der Waals surface area contributed by atoms with Crippen molar-refractivity contribution in [1.29, 1.82) is 0 Å². The van der Waals surface area contributed by atoms with Gasteiger partial charge in [0.15, 0.2) is 0 Å². The van der Waals surface area contributed by atoms with Gasteiger partial charge in [0.05, 0.1) is 5.56 Å². The largest absolute Gasteiger partial charge is 0.418 e. The van der Waals surface area contributed by atoms with E-state index in [-0.39, 0.29) is 18.0 Å². The summed E-state index contributed by atoms with van der Waals surface area (Å²) < 4.78 is 52.5. The molecule has 0 atom stereocenters. The first kappa shape index (κ1) is 15.8. The SMILES string of the molecule is Fc1ccccc1CCNc1ccc(Br)cc1C(F)(F)F. The molecular weight excluding hydrogens is 350 g/mol. The van der Waals surface area contributed by atoms with E-state index in [2.05, 4.69) is 21.2 Å². The summed E-state index contributed by atoms with van der Waals surface area (Å²) in [7, 11) is 0. The first-order valence-electron chi connectivity index (χ1n) is 6.22. The standard InChI is InChI=1S/C15H12BrF4N/c16-11-5-6-14(12(9-11)15(18,19)20)21-8-7-10-3-1-2-4-13(10)17/h1-6,9,21H,7-8H2. The zero-order valence-electron chi connectivity index (χ0n) is 10.8. The van der Waals surface area contributed by atoms with Gasteiger partial charge in [-0.25, -0.2) is 4.39 Å². The molecule has 0 saturated carbocycles. The molecule has 2 aromatic carbocycles. The molecule has 6 heteroatoms. The van der Waals surface area contributed by atoms with Crippen molar-refractivity contribution in [3.63, 3.8) is 0 Å². The van der Waals surface area contributed by atoms with Crippen molar-refractivity contribution in [1.82, 2.24) is 0 Å². The van der Waals surface area contributed by atoms with Gasteiger partial charge in [-0.1, -0.05) is 34.1 Å². The van der Waals surface area contributed by atoms with Gasteiger partial charge < -0.3 is 5.32 Å². The Hall–Kier alpha value is -1.56. The van der Waals surface area contributed by atoms with Gasteiger partial charge in [0, 0.05) is 16.7 Å². The smallest absolute Gasteiger partial charge is 0.384 e. The maximum Gasteiger partial charge on any atom is 0.418 e. The summed E-state index contributed by atoms with van der Waals surface area (Å²) in [4.78, 5) is 0. The predicted octanol–water partition coefficient (Wildman–Crippen LogP) is 5.26. The van der Waals surface area contributed by atoms with Gasteiger partial charge in [0.25, 0.3) is 0 Å². The van der Waals surface area contributed by atoms with Crippen molar-refractivity contribution >= 4 is 21.6 Å². The maximum atomic E-state index is 13.4. The summed E-state index contributed by atoms with van der Waals surface area (Å²) in [6.45, 7) is 0.214. The number of alkyl halides is 3. The Labute approximate surface area is 128 Å². The highest BCUT2D eigenvalue weighted by molar-refractivity contribution is 9.10. The third kappa shape index (κ3) is 4.20. The second kappa shape index (κ2) is 6.47. The van der Waals surface area contributed by atoms with Crippen molar-refractivity contribution in [2.45, 2.75) is 12.6 Å². The second-order valence-electron chi connectivity index (χ2n) is 4.46. The molecule has 0 aliphatic carbocycles. The summed E-state index contributed by atoms with van der Waals surface area (Å²) in [5, 5.41) is 2.72. The van der Waals surface area contributed by atoms with Gasteiger partial charge in [-0.05, 0) is 36.2 Å². The number of halogens is 5. The third-order valence-electron chi connectivity index (χ3n) is 2.95. The van der Waals surface area contributed by atoms with Crippen LogP contribution in [0.1, 0.15) is 11.1 Å². The van der Waals surface area contributed by atoms with Crippen LogP contribution in [0.15, 0.2) is 46.9 Å². The van der Waals surface area contributed by atoms with E-state index in [1.165, 1.54) is 18.2 Å². The quantitative estimate of drug-likeness (QED) is 0.732. The molecule has 0 aliphatic heterocycles. The van der Waals surface area contributed by atoms with Crippen LogP contribution >= 0.6 is 15.9 Å². The summed E-state index contributed by atoms with van der Waals surface area (Å²) in [5.41, 5.74) is -0.289. The lowest BCUT2D eigenvalue weighted by molar-refractivity contribution is -0.137. The lowest BCUT2D eigenvalue weighted by atomic mass is 10.1. The van der Waals surface area contributed by atoms with Gasteiger partial charge in [0.2, 0.25) is 0 Å². The van der Waals surface area contributed by atoms with E-state index in [1.807, 2.05) is 0 Å². The molecule has 1 nitrogen and oxygen atoms in total. The Balaban J connectivity index is 2.09. The van der Waals surface area contributed by atoms with Crippen LogP contribution in [0.3, 0.4) is 0 Å². The summed E-state index contributed by atoms with van der Waals surface area (Å²) in [5.74, 6) is -0.355. The molecule has 2 rings (SSSR count). The van der Waals surface area contributed by atoms with Crippen LogP contribution in [0.4, 0.5) is 23.2 Å². The molecule has 112 valence electrons. The molecule has 0 radical (unpaired) electrons. The molecule has 0 fully saturated rings. The number of nitrogens with one attached hydrogen (secondary N) is 1. The number of anilines is 1. The molecule has 0 heterocycles. The lowest BCUT2D eigenvalue weighted by Gasteiger charge is -2.15. The van der Waals surface area contributed by atoms with Crippen molar-refractivity contribution in [3.05, 3.63) is 63.9 Å². The van der Waals surface area contributed by atoms with Crippen LogP contribution in [0.25, 0.3) is 0 Å². The van der Waals surface area contributed by atoms with Crippen LogP contribution in [0, 0.1) is 5.82 Å². The van der Waals surface area contributed by atoms with Crippen molar-refractivity contribution in [2.75, 3.05) is 11.9 Å². The fourth-order valence-corrected chi connectivity index (χ4v) is 2.30. The highest BCUT2D eigenvalue weighted by Crippen LogP contribution is 2.36. The topological polar surface area (TPSA) is 12.0 Å². The average molecular weight is 362 g/mol. The summed E-state index contributed by atoms with van der Waals surface area (Å²) in [6.07, 6.45) is -4.13. The van der Waals surface area contributed by atoms with E-state index < -0.39 is 11.7 Å². The number of benzene rings is 2. The van der Waals surface area contributed by atoms with Crippen molar-refractivity contribution in [3.8, 4) is 0 Å². The molecule has 0 spiro atoms. The predicted molar refractivity (Wildman–Crippen MR) is 77.7 cm³/mol. The van der Waals surface area contributed by atoms with Gasteiger partial charge in [-0.15, -0.1) is 0 Å². The number of rotatable bonds is 4. The zero-order valence-corrected chi connectivity index (χ0v) is 12.4. The van der Waals surface area contributed by atoms with E-state index in [4.69, 9.17) is 0 Å². The molecule has 1 N–H and O–H groups in total. The minimum absolute atomic E-state index is 0.0120. The van der Waals surface area contributed by atoms with Crippen LogP contribution in [0.5, 0.6) is 0 Å². The van der Waals surface area contributed by atoms with Gasteiger partial charge >= 0.3 is 6.18 Å². The molecule has 0 aliphatic rings. The van der Waals surface area contributed by atoms with Crippen LogP contribution in [0.2, 0.25) is 0 Å². The highest BCUT2D eigenvalue weighted by atomic mass is 79.9. The fourth-order valence-electron chi connectivity index (χ4n) is 1.94. The molecule has 0 amide bonds.